The van der Waals surface area contributed by atoms with Gasteiger partial charge in [-0.1, -0.05) is 35.7 Å². The number of hydrogen-bond donors (Lipinski definition) is 2. The van der Waals surface area contributed by atoms with Crippen LogP contribution in [0.4, 0.5) is 17.1 Å². The Hall–Kier alpha value is -3.72. The molecule has 5 aromatic rings. The number of ether oxygens (including phenoxy) is 1. The molecule has 0 aliphatic rings. The second kappa shape index (κ2) is 12.0. The van der Waals surface area contributed by atoms with Crippen molar-refractivity contribution in [2.24, 2.45) is 0 Å². The number of nitrogens with zero attached hydrogens (tertiary/aromatic N) is 3. The molecule has 0 atom stereocenters. The summed E-state index contributed by atoms with van der Waals surface area (Å²) in [7, 11) is 1.55. The number of hydrogen-bond acceptors (Lipinski definition) is 11. The Morgan fingerprint density at radius 3 is 2.18 bits per heavy atom. The van der Waals surface area contributed by atoms with Gasteiger partial charge in [0, 0.05) is 17.8 Å². The molecule has 14 heteroatoms. The number of aromatic nitrogens is 2. The van der Waals surface area contributed by atoms with Gasteiger partial charge in [0.1, 0.15) is 5.75 Å². The van der Waals surface area contributed by atoms with Crippen molar-refractivity contribution >= 4 is 95.5 Å². The number of para-hydroxylation sites is 2. The van der Waals surface area contributed by atoms with Crippen molar-refractivity contribution in [2.45, 2.75) is 8.68 Å². The van der Waals surface area contributed by atoms with Gasteiger partial charge in [-0.3, -0.25) is 19.7 Å². The maximum Gasteiger partial charge on any atom is 0.270 e. The van der Waals surface area contributed by atoms with Crippen molar-refractivity contribution in [3.8, 4) is 5.75 Å². The second-order valence-electron chi connectivity index (χ2n) is 7.93. The van der Waals surface area contributed by atoms with Gasteiger partial charge in [-0.15, -0.1) is 22.7 Å². The number of nitro groups is 1. The van der Waals surface area contributed by atoms with E-state index in [2.05, 4.69) is 20.6 Å². The van der Waals surface area contributed by atoms with Gasteiger partial charge in [0.15, 0.2) is 8.68 Å². The standard InChI is InChI=1S/C25H19N5O5S4/c1-35-19-5-3-2-4-16(19)27-23(32)13-37-24-28-17-8-6-14(10-20(17)38-24)26-22(31)12-36-25-29-18-9-7-15(30(33)34)11-21(18)39-25/h2-11H,12-13H2,1H3,(H,26,31)(H,27,32). The Bertz CT molecular complexity index is 1700. The number of carbonyl (C=O) groups excluding carboxylic acids is 2. The van der Waals surface area contributed by atoms with Crippen molar-refractivity contribution < 1.29 is 19.2 Å². The number of non-ortho nitro benzene ring substituents is 1. The number of amides is 2. The van der Waals surface area contributed by atoms with Crippen LogP contribution >= 0.6 is 46.2 Å². The molecule has 0 aliphatic heterocycles. The third-order valence-corrected chi connectivity index (χ3v) is 9.57. The number of thiazole rings is 2. The number of thioether (sulfide) groups is 2. The first-order valence-electron chi connectivity index (χ1n) is 11.3. The molecule has 0 saturated carbocycles. The Morgan fingerprint density at radius 2 is 1.51 bits per heavy atom. The summed E-state index contributed by atoms with van der Waals surface area (Å²) in [5.41, 5.74) is 2.71. The van der Waals surface area contributed by atoms with E-state index < -0.39 is 4.92 Å². The summed E-state index contributed by atoms with van der Waals surface area (Å²) in [6.45, 7) is 0. The second-order valence-corrected chi connectivity index (χ2v) is 12.4. The van der Waals surface area contributed by atoms with Crippen LogP contribution in [-0.4, -0.2) is 45.3 Å². The lowest BCUT2D eigenvalue weighted by atomic mass is 10.3. The average molecular weight is 598 g/mol. The summed E-state index contributed by atoms with van der Waals surface area (Å²) < 4.78 is 8.26. The first kappa shape index (κ1) is 26.9. The molecule has 3 aromatic carbocycles. The van der Waals surface area contributed by atoms with Crippen molar-refractivity contribution in [2.75, 3.05) is 29.2 Å². The van der Waals surface area contributed by atoms with Crippen LogP contribution in [0.1, 0.15) is 0 Å². The Balaban J connectivity index is 1.15. The van der Waals surface area contributed by atoms with Gasteiger partial charge in [-0.05, 0) is 36.4 Å². The fourth-order valence-corrected chi connectivity index (χ4v) is 7.31. The lowest BCUT2D eigenvalue weighted by molar-refractivity contribution is -0.384. The van der Waals surface area contributed by atoms with Gasteiger partial charge in [0.25, 0.3) is 5.69 Å². The normalized spacial score (nSPS) is 11.0. The number of benzene rings is 3. The van der Waals surface area contributed by atoms with Gasteiger partial charge in [-0.2, -0.15) is 0 Å². The minimum Gasteiger partial charge on any atom is -0.495 e. The predicted molar refractivity (Wildman–Crippen MR) is 158 cm³/mol. The maximum absolute atomic E-state index is 12.5. The largest absolute Gasteiger partial charge is 0.495 e. The fourth-order valence-electron chi connectivity index (χ4n) is 3.50. The highest BCUT2D eigenvalue weighted by Crippen LogP contribution is 2.33. The summed E-state index contributed by atoms with van der Waals surface area (Å²) in [5.74, 6) is 0.565. The quantitative estimate of drug-likeness (QED) is 0.108. The van der Waals surface area contributed by atoms with E-state index in [9.17, 15) is 19.7 Å². The number of rotatable bonds is 10. The SMILES string of the molecule is COc1ccccc1NC(=O)CSc1nc2ccc(NC(=O)CSc3nc4ccc([N+](=O)[O-])cc4s3)cc2s1. The van der Waals surface area contributed by atoms with E-state index in [1.807, 2.05) is 24.3 Å². The molecule has 0 radical (unpaired) electrons. The Labute approximate surface area is 238 Å². The molecule has 39 heavy (non-hydrogen) atoms. The first-order valence-corrected chi connectivity index (χ1v) is 14.9. The highest BCUT2D eigenvalue weighted by Gasteiger charge is 2.14. The molecule has 2 heterocycles. The van der Waals surface area contributed by atoms with Crippen LogP contribution in [0.2, 0.25) is 0 Å². The van der Waals surface area contributed by atoms with Gasteiger partial charge >= 0.3 is 0 Å². The fraction of sp³-hybridized carbons (Fsp3) is 0.120. The number of carbonyl (C=O) groups is 2. The van der Waals surface area contributed by atoms with Crippen LogP contribution in [0.15, 0.2) is 69.3 Å². The number of nitro benzene ring substituents is 1. The van der Waals surface area contributed by atoms with Gasteiger partial charge < -0.3 is 15.4 Å². The predicted octanol–water partition coefficient (Wildman–Crippen LogP) is 6.28. The molecule has 2 aromatic heterocycles. The minimum atomic E-state index is -0.443. The summed E-state index contributed by atoms with van der Waals surface area (Å²) in [6.07, 6.45) is 0. The van der Waals surface area contributed by atoms with Crippen LogP contribution < -0.4 is 15.4 Å². The zero-order valence-corrected chi connectivity index (χ0v) is 23.5. The summed E-state index contributed by atoms with van der Waals surface area (Å²) in [5, 5.41) is 16.7. The van der Waals surface area contributed by atoms with Gasteiger partial charge in [0.2, 0.25) is 11.8 Å². The van der Waals surface area contributed by atoms with E-state index in [1.54, 1.807) is 31.4 Å². The first-order chi connectivity index (χ1) is 18.9. The van der Waals surface area contributed by atoms with E-state index in [1.165, 1.54) is 58.3 Å². The van der Waals surface area contributed by atoms with Crippen LogP contribution in [-0.2, 0) is 9.59 Å². The molecular formula is C25H19N5O5S4. The molecule has 0 saturated heterocycles. The lowest BCUT2D eigenvalue weighted by Crippen LogP contribution is -2.14. The number of methoxy groups -OCH3 is 1. The van der Waals surface area contributed by atoms with E-state index in [0.29, 0.717) is 31.7 Å². The minimum absolute atomic E-state index is 0.0107. The van der Waals surface area contributed by atoms with Crippen LogP contribution in [0.3, 0.4) is 0 Å². The molecule has 5 rings (SSSR count). The van der Waals surface area contributed by atoms with Crippen molar-refractivity contribution in [1.29, 1.82) is 0 Å². The average Bonchev–Trinajstić information content (AvgIpc) is 3.53. The molecule has 198 valence electrons. The molecule has 2 N–H and O–H groups in total. The van der Waals surface area contributed by atoms with Crippen LogP contribution in [0.25, 0.3) is 20.4 Å². The van der Waals surface area contributed by atoms with E-state index in [4.69, 9.17) is 4.74 Å². The van der Waals surface area contributed by atoms with Gasteiger partial charge in [0.05, 0.1) is 49.7 Å². The highest BCUT2D eigenvalue weighted by atomic mass is 32.2. The summed E-state index contributed by atoms with van der Waals surface area (Å²) in [6, 6.07) is 17.2. The number of fused-ring (bicyclic) bond motifs is 2. The van der Waals surface area contributed by atoms with Gasteiger partial charge in [-0.25, -0.2) is 9.97 Å². The van der Waals surface area contributed by atoms with Crippen LogP contribution in [0, 0.1) is 10.1 Å². The summed E-state index contributed by atoms with van der Waals surface area (Å²) in [4.78, 5) is 44.5. The lowest BCUT2D eigenvalue weighted by Gasteiger charge is -2.09. The molecule has 0 aliphatic carbocycles. The highest BCUT2D eigenvalue weighted by molar-refractivity contribution is 8.02. The maximum atomic E-state index is 12.5. The molecule has 0 unspecified atom stereocenters. The number of anilines is 2. The molecule has 0 bridgehead atoms. The number of nitrogens with one attached hydrogen (secondary N) is 2. The van der Waals surface area contributed by atoms with Crippen molar-refractivity contribution in [3.63, 3.8) is 0 Å². The molecular weight excluding hydrogens is 579 g/mol. The van der Waals surface area contributed by atoms with E-state index >= 15 is 0 Å². The zero-order valence-electron chi connectivity index (χ0n) is 20.2. The zero-order chi connectivity index (χ0) is 27.4. The van der Waals surface area contributed by atoms with Crippen LogP contribution in [0.5, 0.6) is 5.75 Å². The molecule has 0 spiro atoms. The van der Waals surface area contributed by atoms with Crippen molar-refractivity contribution in [3.05, 3.63) is 70.8 Å². The molecule has 2 amide bonds. The third kappa shape index (κ3) is 6.65. The Morgan fingerprint density at radius 1 is 0.897 bits per heavy atom. The van der Waals surface area contributed by atoms with E-state index in [0.717, 1.165) is 14.6 Å². The third-order valence-electron chi connectivity index (χ3n) is 5.25. The molecule has 0 fully saturated rings. The van der Waals surface area contributed by atoms with E-state index in [-0.39, 0.29) is 29.0 Å². The molecule has 10 nitrogen and oxygen atoms in total. The summed E-state index contributed by atoms with van der Waals surface area (Å²) >= 11 is 5.37. The monoisotopic (exact) mass is 597 g/mol. The smallest absolute Gasteiger partial charge is 0.270 e. The Kier molecular flexibility index (Phi) is 8.26. The topological polar surface area (TPSA) is 136 Å². The van der Waals surface area contributed by atoms with Crippen molar-refractivity contribution in [1.82, 2.24) is 9.97 Å².